The maximum Gasteiger partial charge on any atom is 0.158 e. The van der Waals surface area contributed by atoms with Crippen LogP contribution in [0.5, 0.6) is 0 Å². The molecule has 0 bridgehead atoms. The van der Waals surface area contributed by atoms with Crippen LogP contribution >= 0.6 is 0 Å². The van der Waals surface area contributed by atoms with Crippen molar-refractivity contribution in [1.82, 2.24) is 9.97 Å². The average Bonchev–Trinajstić information content (AvgIpc) is 2.15. The van der Waals surface area contributed by atoms with Crippen LogP contribution in [0.25, 0.3) is 0 Å². The highest BCUT2D eigenvalue weighted by Crippen LogP contribution is 2.20. The Balaban J connectivity index is 3.01. The van der Waals surface area contributed by atoms with Crippen molar-refractivity contribution in [3.05, 3.63) is 23.8 Å². The molecule has 4 nitrogen and oxygen atoms in total. The molecule has 0 aliphatic heterocycles. The van der Waals surface area contributed by atoms with E-state index in [2.05, 4.69) is 30.7 Å². The third kappa shape index (κ3) is 2.49. The summed E-state index contributed by atoms with van der Waals surface area (Å²) in [6.07, 6.45) is 0.888. The lowest BCUT2D eigenvalue weighted by Gasteiger charge is -2.18. The molecule has 4 heteroatoms. The molecule has 0 radical (unpaired) electrons. The summed E-state index contributed by atoms with van der Waals surface area (Å²) in [6, 6.07) is 1.85. The molecule has 0 fully saturated rings. The van der Waals surface area contributed by atoms with E-state index in [1.54, 1.807) is 6.20 Å². The van der Waals surface area contributed by atoms with Crippen molar-refractivity contribution >= 4 is 0 Å². The quantitative estimate of drug-likeness (QED) is 0.731. The van der Waals surface area contributed by atoms with Gasteiger partial charge in [-0.1, -0.05) is 20.8 Å². The molecule has 3 N–H and O–H groups in total. The molecule has 1 heterocycles. The van der Waals surface area contributed by atoms with Gasteiger partial charge in [0, 0.05) is 23.9 Å². The fourth-order valence-corrected chi connectivity index (χ4v) is 1.06. The summed E-state index contributed by atoms with van der Waals surface area (Å²) >= 11 is 0. The largest absolute Gasteiger partial charge is 0.384 e. The zero-order chi connectivity index (χ0) is 10.8. The van der Waals surface area contributed by atoms with Crippen LogP contribution in [-0.2, 0) is 5.41 Å². The molecule has 0 spiro atoms. The van der Waals surface area contributed by atoms with E-state index in [0.29, 0.717) is 5.82 Å². The van der Waals surface area contributed by atoms with Gasteiger partial charge in [-0.15, -0.1) is 0 Å². The van der Waals surface area contributed by atoms with Crippen LogP contribution in [0.4, 0.5) is 0 Å². The summed E-state index contributed by atoms with van der Waals surface area (Å²) in [5.74, 6) is 0.403. The van der Waals surface area contributed by atoms with Crippen LogP contribution in [0.3, 0.4) is 0 Å². The van der Waals surface area contributed by atoms with Crippen molar-refractivity contribution in [2.75, 3.05) is 6.54 Å². The van der Waals surface area contributed by atoms with E-state index in [-0.39, 0.29) is 12.0 Å². The van der Waals surface area contributed by atoms with Gasteiger partial charge in [-0.25, -0.2) is 9.97 Å². The Morgan fingerprint density at radius 1 is 1.50 bits per heavy atom. The van der Waals surface area contributed by atoms with Gasteiger partial charge in [-0.05, 0) is 6.07 Å². The van der Waals surface area contributed by atoms with E-state index in [1.165, 1.54) is 0 Å². The minimum absolute atomic E-state index is 0.0357. The molecule has 0 amide bonds. The van der Waals surface area contributed by atoms with Gasteiger partial charge in [0.1, 0.15) is 6.10 Å². The minimum Gasteiger partial charge on any atom is -0.384 e. The van der Waals surface area contributed by atoms with Gasteiger partial charge in [0.2, 0.25) is 0 Å². The molecule has 0 aromatic carbocycles. The Hall–Kier alpha value is -1.00. The zero-order valence-corrected chi connectivity index (χ0v) is 8.86. The minimum atomic E-state index is -0.766. The summed E-state index contributed by atoms with van der Waals surface area (Å²) in [4.78, 5) is 8.26. The zero-order valence-electron chi connectivity index (χ0n) is 8.86. The highest BCUT2D eigenvalue weighted by molar-refractivity contribution is 5.13. The normalized spacial score (nSPS) is 14.1. The second-order valence-corrected chi connectivity index (χ2v) is 4.30. The first kappa shape index (κ1) is 11.1. The fraction of sp³-hybridized carbons (Fsp3) is 0.600. The summed E-state index contributed by atoms with van der Waals surface area (Å²) in [6.45, 7) is 6.34. The Kier molecular flexibility index (Phi) is 3.18. The molecule has 1 unspecified atom stereocenters. The third-order valence-electron chi connectivity index (χ3n) is 1.96. The summed E-state index contributed by atoms with van der Waals surface area (Å²) in [5, 5.41) is 9.47. The molecular weight excluding hydrogens is 178 g/mol. The Morgan fingerprint density at radius 3 is 2.64 bits per heavy atom. The SMILES string of the molecule is CC(C)(C)c1ccnc(C(O)CN)n1. The highest BCUT2D eigenvalue weighted by atomic mass is 16.3. The van der Waals surface area contributed by atoms with Crippen LogP contribution in [0, 0.1) is 0 Å². The average molecular weight is 195 g/mol. The van der Waals surface area contributed by atoms with Gasteiger partial charge in [0.15, 0.2) is 5.82 Å². The van der Waals surface area contributed by atoms with E-state index in [4.69, 9.17) is 5.73 Å². The number of aliphatic hydroxyl groups excluding tert-OH is 1. The molecule has 0 aliphatic rings. The molecule has 0 saturated heterocycles. The molecule has 0 aliphatic carbocycles. The molecule has 1 rings (SSSR count). The smallest absolute Gasteiger partial charge is 0.158 e. The number of rotatable bonds is 2. The van der Waals surface area contributed by atoms with Crippen LogP contribution < -0.4 is 5.73 Å². The predicted molar refractivity (Wildman–Crippen MR) is 54.7 cm³/mol. The number of hydrogen-bond acceptors (Lipinski definition) is 4. The van der Waals surface area contributed by atoms with Crippen molar-refractivity contribution in [3.8, 4) is 0 Å². The van der Waals surface area contributed by atoms with Gasteiger partial charge in [0.05, 0.1) is 0 Å². The van der Waals surface area contributed by atoms with Gasteiger partial charge < -0.3 is 10.8 Å². The molecule has 1 atom stereocenters. The van der Waals surface area contributed by atoms with Crippen molar-refractivity contribution in [3.63, 3.8) is 0 Å². The van der Waals surface area contributed by atoms with Crippen LogP contribution in [0.2, 0.25) is 0 Å². The van der Waals surface area contributed by atoms with Gasteiger partial charge in [-0.2, -0.15) is 0 Å². The summed E-state index contributed by atoms with van der Waals surface area (Å²) in [7, 11) is 0. The molecule has 0 saturated carbocycles. The maximum absolute atomic E-state index is 9.47. The number of aliphatic hydroxyl groups is 1. The van der Waals surface area contributed by atoms with Crippen LogP contribution in [0.1, 0.15) is 38.4 Å². The summed E-state index contributed by atoms with van der Waals surface area (Å²) in [5.41, 5.74) is 6.21. The van der Waals surface area contributed by atoms with E-state index in [1.807, 2.05) is 6.07 Å². The van der Waals surface area contributed by atoms with Gasteiger partial charge in [0.25, 0.3) is 0 Å². The number of hydrogen-bond donors (Lipinski definition) is 2. The van der Waals surface area contributed by atoms with Crippen LogP contribution in [-0.4, -0.2) is 21.6 Å². The third-order valence-corrected chi connectivity index (χ3v) is 1.96. The number of nitrogens with two attached hydrogens (primary N) is 1. The topological polar surface area (TPSA) is 72.0 Å². The van der Waals surface area contributed by atoms with E-state index < -0.39 is 6.10 Å². The standard InChI is InChI=1S/C10H17N3O/c1-10(2,3)8-4-5-12-9(13-8)7(14)6-11/h4-5,7,14H,6,11H2,1-3H3. The van der Waals surface area contributed by atoms with E-state index in [0.717, 1.165) is 5.69 Å². The lowest BCUT2D eigenvalue weighted by Crippen LogP contribution is -2.19. The molecule has 14 heavy (non-hydrogen) atoms. The van der Waals surface area contributed by atoms with Crippen molar-refractivity contribution < 1.29 is 5.11 Å². The fourth-order valence-electron chi connectivity index (χ4n) is 1.06. The first-order chi connectivity index (χ1) is 6.45. The monoisotopic (exact) mass is 195 g/mol. The lowest BCUT2D eigenvalue weighted by atomic mass is 9.92. The first-order valence-corrected chi connectivity index (χ1v) is 4.66. The maximum atomic E-state index is 9.47. The van der Waals surface area contributed by atoms with Gasteiger partial charge >= 0.3 is 0 Å². The number of aromatic nitrogens is 2. The molecule has 1 aromatic heterocycles. The van der Waals surface area contributed by atoms with Crippen molar-refractivity contribution in [1.29, 1.82) is 0 Å². The van der Waals surface area contributed by atoms with E-state index >= 15 is 0 Å². The predicted octanol–water partition coefficient (Wildman–Crippen LogP) is 0.766. The van der Waals surface area contributed by atoms with Crippen LogP contribution in [0.15, 0.2) is 12.3 Å². The second kappa shape index (κ2) is 4.02. The van der Waals surface area contributed by atoms with Crippen molar-refractivity contribution in [2.45, 2.75) is 32.3 Å². The number of nitrogens with zero attached hydrogens (tertiary/aromatic N) is 2. The molecule has 1 aromatic rings. The Morgan fingerprint density at radius 2 is 2.14 bits per heavy atom. The first-order valence-electron chi connectivity index (χ1n) is 4.66. The lowest BCUT2D eigenvalue weighted by molar-refractivity contribution is 0.176. The second-order valence-electron chi connectivity index (χ2n) is 4.30. The summed E-state index contributed by atoms with van der Waals surface area (Å²) < 4.78 is 0. The van der Waals surface area contributed by atoms with Crippen molar-refractivity contribution in [2.24, 2.45) is 5.73 Å². The molecule has 78 valence electrons. The van der Waals surface area contributed by atoms with E-state index in [9.17, 15) is 5.11 Å². The Labute approximate surface area is 84.2 Å². The van der Waals surface area contributed by atoms with Gasteiger partial charge in [-0.3, -0.25) is 0 Å². The Bertz CT molecular complexity index is 306. The highest BCUT2D eigenvalue weighted by Gasteiger charge is 2.17. The molecular formula is C10H17N3O.